The van der Waals surface area contributed by atoms with Crippen molar-refractivity contribution in [3.63, 3.8) is 0 Å². The molecule has 0 spiro atoms. The molecule has 0 heterocycles. The van der Waals surface area contributed by atoms with Gasteiger partial charge in [-0.15, -0.1) is 0 Å². The molecule has 183 valence electrons. The molecule has 0 nitrogen and oxygen atoms in total. The van der Waals surface area contributed by atoms with Gasteiger partial charge >= 0.3 is 205 Å². The Balaban J connectivity index is 2.35. The molecule has 0 aromatic rings. The topological polar surface area (TPSA) is 0 Å². The first-order valence-corrected chi connectivity index (χ1v) is 26.4. The van der Waals surface area contributed by atoms with Crippen LogP contribution in [0.3, 0.4) is 0 Å². The maximum atomic E-state index is 2.84. The van der Waals surface area contributed by atoms with Crippen LogP contribution in [0.2, 0.25) is 70.6 Å². The fourth-order valence-corrected chi connectivity index (χ4v) is 37.1. The van der Waals surface area contributed by atoms with Crippen molar-refractivity contribution in [3.05, 3.63) is 0 Å². The molecule has 4 heteroatoms. The summed E-state index contributed by atoms with van der Waals surface area (Å²) < 4.78 is 2.46. The summed E-state index contributed by atoms with van der Waals surface area (Å²) in [4.78, 5) is 0. The molecule has 0 aromatic carbocycles. The monoisotopic (exact) mass is 517 g/mol. The van der Waals surface area contributed by atoms with Crippen LogP contribution in [0, 0.1) is 0 Å². The summed E-state index contributed by atoms with van der Waals surface area (Å²) in [6, 6.07) is 0. The third-order valence-electron chi connectivity index (χ3n) is 10.3. The average Bonchev–Trinajstić information content (AvgIpc) is 2.68. The van der Waals surface area contributed by atoms with Gasteiger partial charge in [-0.25, -0.2) is 0 Å². The van der Waals surface area contributed by atoms with Crippen molar-refractivity contribution in [1.82, 2.24) is 0 Å². The van der Waals surface area contributed by atoms with Gasteiger partial charge in [-0.1, -0.05) is 0 Å². The fraction of sp³-hybridized carbons (Fsp3) is 1.00. The van der Waals surface area contributed by atoms with Crippen molar-refractivity contribution in [3.8, 4) is 0 Å². The van der Waals surface area contributed by atoms with Crippen LogP contribution in [0.4, 0.5) is 0 Å². The van der Waals surface area contributed by atoms with Gasteiger partial charge in [0.1, 0.15) is 0 Å². The van der Waals surface area contributed by atoms with E-state index in [0.717, 1.165) is 11.7 Å². The van der Waals surface area contributed by atoms with Gasteiger partial charge in [-0.05, 0) is 0 Å². The summed E-state index contributed by atoms with van der Waals surface area (Å²) in [7, 11) is -3.87. The Labute approximate surface area is 204 Å². The van der Waals surface area contributed by atoms with Crippen molar-refractivity contribution < 1.29 is 14.1 Å². The number of rotatable bonds is 6. The Morgan fingerprint density at radius 1 is 0.355 bits per heavy atom. The van der Waals surface area contributed by atoms with Crippen molar-refractivity contribution in [2.24, 2.45) is 0 Å². The van der Waals surface area contributed by atoms with Crippen LogP contribution >= 0.6 is 0 Å². The second-order valence-corrected chi connectivity index (χ2v) is 37.5. The van der Waals surface area contributed by atoms with E-state index < -0.39 is 38.4 Å². The second-order valence-electron chi connectivity index (χ2n) is 14.7. The molecular formula is C27H57CrSi3. The fourth-order valence-electron chi connectivity index (χ4n) is 8.27. The molecule has 3 fully saturated rings. The molecule has 0 amide bonds. The second kappa shape index (κ2) is 9.33. The minimum atomic E-state index is -1.29. The molecule has 3 aliphatic carbocycles. The van der Waals surface area contributed by atoms with E-state index in [9.17, 15) is 0 Å². The molecule has 0 saturated heterocycles. The standard InChI is InChI=1S/3C9H19Si.Cr/c3*1-10(2,3)9-7-5-4-6-8-9;/h3*4-8H2,1-3H3;. The van der Waals surface area contributed by atoms with Gasteiger partial charge in [0.15, 0.2) is 0 Å². The molecule has 3 rings (SSSR count). The van der Waals surface area contributed by atoms with Gasteiger partial charge in [0.05, 0.1) is 0 Å². The molecule has 0 atom stereocenters. The SMILES string of the molecule is C[Si](C)(C)[C]1([Cr]([C]2([Si](C)(C)C)CCCCC2)[C]2([Si](C)(C)C)CCCCC2)CCCCC1. The van der Waals surface area contributed by atoms with E-state index in [-0.39, 0.29) is 0 Å². The first kappa shape index (κ1) is 26.8. The summed E-state index contributed by atoms with van der Waals surface area (Å²) in [6.07, 6.45) is 23.8. The molecule has 0 radical (unpaired) electrons. The molecule has 3 aliphatic rings. The van der Waals surface area contributed by atoms with Crippen LogP contribution in [0.5, 0.6) is 0 Å². The van der Waals surface area contributed by atoms with E-state index in [1.165, 1.54) is 19.3 Å². The molecule has 0 aromatic heterocycles. The Bertz CT molecular complexity index is 504. The summed E-state index contributed by atoms with van der Waals surface area (Å²) in [5, 5.41) is 0. The van der Waals surface area contributed by atoms with Crippen LogP contribution in [0.1, 0.15) is 96.3 Å². The summed E-state index contributed by atoms with van der Waals surface area (Å²) >= 11 is -0.864. The third kappa shape index (κ3) is 4.58. The van der Waals surface area contributed by atoms with Gasteiger partial charge in [-0.3, -0.25) is 0 Å². The van der Waals surface area contributed by atoms with Crippen LogP contribution in [0.25, 0.3) is 0 Å². The zero-order valence-corrected chi connectivity index (χ0v) is 27.3. The van der Waals surface area contributed by atoms with Crippen LogP contribution in [-0.2, 0) is 14.1 Å². The third-order valence-corrected chi connectivity index (χ3v) is 36.7. The van der Waals surface area contributed by atoms with Gasteiger partial charge in [0.25, 0.3) is 0 Å². The molecule has 0 N–H and O–H groups in total. The Morgan fingerprint density at radius 3 is 0.710 bits per heavy atom. The van der Waals surface area contributed by atoms with Crippen molar-refractivity contribution >= 4 is 24.2 Å². The zero-order valence-electron chi connectivity index (χ0n) is 23.0. The normalized spacial score (nSPS) is 27.3. The zero-order chi connectivity index (χ0) is 23.2. The molecule has 3 saturated carbocycles. The molecule has 0 bridgehead atoms. The molecule has 0 aliphatic heterocycles. The molecule has 0 unspecified atom stereocenters. The summed E-state index contributed by atoms with van der Waals surface area (Å²) in [5.74, 6) is 0. The van der Waals surface area contributed by atoms with Gasteiger partial charge in [0.2, 0.25) is 0 Å². The first-order chi connectivity index (χ1) is 14.2. The predicted octanol–water partition coefficient (Wildman–Crippen LogP) is 10.6. The van der Waals surface area contributed by atoms with Gasteiger partial charge < -0.3 is 0 Å². The van der Waals surface area contributed by atoms with Crippen molar-refractivity contribution in [2.45, 2.75) is 167 Å². The first-order valence-electron chi connectivity index (χ1n) is 14.0. The molecular weight excluding hydrogens is 461 g/mol. The van der Waals surface area contributed by atoms with E-state index in [1.807, 2.05) is 0 Å². The average molecular weight is 518 g/mol. The van der Waals surface area contributed by atoms with E-state index in [2.05, 4.69) is 58.9 Å². The van der Waals surface area contributed by atoms with Crippen molar-refractivity contribution in [2.75, 3.05) is 0 Å². The minimum absolute atomic E-state index is 0.820. The van der Waals surface area contributed by atoms with Gasteiger partial charge in [0, 0.05) is 0 Å². The van der Waals surface area contributed by atoms with E-state index >= 15 is 0 Å². The maximum absolute atomic E-state index is 2.84. The Kier molecular flexibility index (Phi) is 8.06. The van der Waals surface area contributed by atoms with Gasteiger partial charge in [-0.2, -0.15) is 0 Å². The molecule has 31 heavy (non-hydrogen) atoms. The van der Waals surface area contributed by atoms with Crippen LogP contribution < -0.4 is 0 Å². The number of hydrogen-bond acceptors (Lipinski definition) is 0. The predicted molar refractivity (Wildman–Crippen MR) is 147 cm³/mol. The summed E-state index contributed by atoms with van der Waals surface area (Å²) in [6.45, 7) is 25.6. The number of hydrogen-bond donors (Lipinski definition) is 0. The van der Waals surface area contributed by atoms with Crippen LogP contribution in [0.15, 0.2) is 0 Å². The van der Waals surface area contributed by atoms with E-state index in [4.69, 9.17) is 0 Å². The quantitative estimate of drug-likeness (QED) is 0.307. The van der Waals surface area contributed by atoms with E-state index in [0.29, 0.717) is 0 Å². The van der Waals surface area contributed by atoms with Crippen LogP contribution in [-0.4, -0.2) is 24.2 Å². The summed E-state index contributed by atoms with van der Waals surface area (Å²) in [5.41, 5.74) is 0. The Morgan fingerprint density at radius 2 is 0.548 bits per heavy atom. The van der Waals surface area contributed by atoms with Crippen molar-refractivity contribution in [1.29, 1.82) is 0 Å². The Hall–Kier alpha value is 1.18. The van der Waals surface area contributed by atoms with E-state index in [1.54, 1.807) is 77.0 Å².